The molecular formula is C20H25Cl3PSiZr. The van der Waals surface area contributed by atoms with Crippen LogP contribution in [-0.2, 0) is 26.2 Å². The molecule has 2 aromatic carbocycles. The summed E-state index contributed by atoms with van der Waals surface area (Å²) in [7, 11) is 0.897. The van der Waals surface area contributed by atoms with Gasteiger partial charge >= 0.3 is 26.2 Å². The summed E-state index contributed by atoms with van der Waals surface area (Å²) in [4.78, 5) is 0. The van der Waals surface area contributed by atoms with E-state index >= 15 is 0 Å². The van der Waals surface area contributed by atoms with E-state index in [0.717, 1.165) is 15.0 Å². The number of halogens is 3. The fourth-order valence-corrected chi connectivity index (χ4v) is 2.60. The van der Waals surface area contributed by atoms with Crippen LogP contribution in [0, 0.1) is 6.08 Å². The van der Waals surface area contributed by atoms with Crippen molar-refractivity contribution in [2.75, 3.05) is 0 Å². The molecule has 0 aliphatic heterocycles. The number of hydrogen-bond acceptors (Lipinski definition) is 0. The van der Waals surface area contributed by atoms with E-state index in [9.17, 15) is 0 Å². The predicted octanol–water partition coefficient (Wildman–Crippen LogP) is -4.00. The standard InChI is InChI=1S/C12H11P.C5H5.C3H9Si.3ClH.Zr/c1-3-7-11(8-4-1)13-12-9-5-2-6-10-12;1-2-4-5-3-1;1-4(2)3;;;;/h1-10,13H;1-3H,4H2;1-3H3;3*1H;/q;-1;;;;;+4/p-3. The van der Waals surface area contributed by atoms with Crippen LogP contribution in [0.4, 0.5) is 0 Å². The van der Waals surface area contributed by atoms with Gasteiger partial charge in [0.05, 0.1) is 0 Å². The minimum atomic E-state index is 0. The minimum absolute atomic E-state index is 0. The van der Waals surface area contributed by atoms with Gasteiger partial charge in [0.25, 0.3) is 0 Å². The van der Waals surface area contributed by atoms with Crippen molar-refractivity contribution in [2.24, 2.45) is 0 Å². The monoisotopic (exact) mass is 519 g/mol. The van der Waals surface area contributed by atoms with Gasteiger partial charge in [-0.05, 0) is 10.6 Å². The Kier molecular flexibility index (Phi) is 30.4. The van der Waals surface area contributed by atoms with Crippen LogP contribution in [0.25, 0.3) is 0 Å². The van der Waals surface area contributed by atoms with Crippen molar-refractivity contribution in [1.29, 1.82) is 0 Å². The molecule has 1 aliphatic carbocycles. The zero-order chi connectivity index (χ0) is 16.0. The summed E-state index contributed by atoms with van der Waals surface area (Å²) in [5.41, 5.74) is 0. The van der Waals surface area contributed by atoms with Crippen molar-refractivity contribution in [3.63, 3.8) is 0 Å². The predicted molar refractivity (Wildman–Crippen MR) is 105 cm³/mol. The van der Waals surface area contributed by atoms with Crippen molar-refractivity contribution in [1.82, 2.24) is 0 Å². The molecule has 0 aromatic heterocycles. The van der Waals surface area contributed by atoms with Crippen molar-refractivity contribution >= 4 is 28.0 Å². The normalized spacial score (nSPS) is 9.69. The third kappa shape index (κ3) is 20.6. The number of rotatable bonds is 2. The maximum Gasteiger partial charge on any atom is 4.00 e. The molecule has 2 aromatic rings. The molecule has 0 nitrogen and oxygen atoms in total. The summed E-state index contributed by atoms with van der Waals surface area (Å²) in [6.07, 6.45) is 10.0. The van der Waals surface area contributed by atoms with Crippen molar-refractivity contribution in [3.05, 3.63) is 85.0 Å². The van der Waals surface area contributed by atoms with Gasteiger partial charge in [-0.2, -0.15) is 6.08 Å². The first-order valence-corrected chi connectivity index (χ1v) is 11.5. The quantitative estimate of drug-likeness (QED) is 0.215. The molecule has 26 heavy (non-hydrogen) atoms. The molecule has 0 spiro atoms. The first kappa shape index (κ1) is 33.9. The van der Waals surface area contributed by atoms with E-state index in [1.54, 1.807) is 0 Å². The molecule has 3 rings (SSSR count). The van der Waals surface area contributed by atoms with Crippen molar-refractivity contribution in [2.45, 2.75) is 26.1 Å². The molecule has 0 saturated heterocycles. The van der Waals surface area contributed by atoms with Gasteiger partial charge in [-0.25, -0.2) is 12.2 Å². The SMILES string of the molecule is C[Si](C)C.[C-]1=CC=CC1.[Cl-].[Cl-].[Cl-].[Zr+4].c1ccc(Pc2ccccc2)cc1. The molecule has 0 amide bonds. The zero-order valence-corrected chi connectivity index (χ0v) is 22.1. The molecule has 1 aliphatic rings. The second-order valence-corrected chi connectivity index (χ2v) is 9.76. The molecule has 0 bridgehead atoms. The molecular weight excluding hydrogens is 497 g/mol. The largest absolute Gasteiger partial charge is 4.00 e. The summed E-state index contributed by atoms with van der Waals surface area (Å²) < 4.78 is 0. The average Bonchev–Trinajstić information content (AvgIpc) is 3.08. The Labute approximate surface area is 201 Å². The minimum Gasteiger partial charge on any atom is -1.00 e. The molecule has 0 atom stereocenters. The Morgan fingerprint density at radius 3 is 1.38 bits per heavy atom. The third-order valence-corrected chi connectivity index (χ3v) is 3.67. The second kappa shape index (κ2) is 23.4. The Balaban J connectivity index is -0.000000160. The fraction of sp³-hybridized carbons (Fsp3) is 0.200. The van der Waals surface area contributed by atoms with E-state index in [0.29, 0.717) is 0 Å². The Morgan fingerprint density at radius 1 is 0.769 bits per heavy atom. The van der Waals surface area contributed by atoms with Crippen molar-refractivity contribution < 1.29 is 63.4 Å². The van der Waals surface area contributed by atoms with Gasteiger partial charge in [0.15, 0.2) is 0 Å². The van der Waals surface area contributed by atoms with Gasteiger partial charge in [0, 0.05) is 8.80 Å². The summed E-state index contributed by atoms with van der Waals surface area (Å²) >= 11 is 0. The van der Waals surface area contributed by atoms with E-state index < -0.39 is 0 Å². The van der Waals surface area contributed by atoms with E-state index in [4.69, 9.17) is 0 Å². The molecule has 0 fully saturated rings. The zero-order valence-electron chi connectivity index (χ0n) is 15.3. The van der Waals surface area contributed by atoms with Gasteiger partial charge in [-0.1, -0.05) is 88.9 Å². The Hall–Kier alpha value is 0.320. The topological polar surface area (TPSA) is 0 Å². The first-order chi connectivity index (χ1) is 10.7. The van der Waals surface area contributed by atoms with Crippen LogP contribution in [0.15, 0.2) is 78.9 Å². The molecule has 139 valence electrons. The van der Waals surface area contributed by atoms with E-state index in [1.165, 1.54) is 10.6 Å². The smallest absolute Gasteiger partial charge is 1.00 e. The maximum atomic E-state index is 2.99. The fourth-order valence-electron chi connectivity index (χ4n) is 1.55. The first-order valence-electron chi connectivity index (χ1n) is 7.54. The van der Waals surface area contributed by atoms with Crippen LogP contribution in [0.5, 0.6) is 0 Å². The summed E-state index contributed by atoms with van der Waals surface area (Å²) in [6, 6.07) is 21.2. The maximum absolute atomic E-state index is 2.99. The van der Waals surface area contributed by atoms with Gasteiger partial charge in [-0.15, -0.1) is 6.42 Å². The molecule has 6 heteroatoms. The molecule has 1 radical (unpaired) electrons. The van der Waals surface area contributed by atoms with Gasteiger partial charge in [0.1, 0.15) is 0 Å². The van der Waals surface area contributed by atoms with Gasteiger partial charge < -0.3 is 37.2 Å². The van der Waals surface area contributed by atoms with Crippen LogP contribution >= 0.6 is 8.58 Å². The van der Waals surface area contributed by atoms with Crippen LogP contribution in [0.3, 0.4) is 0 Å². The third-order valence-electron chi connectivity index (χ3n) is 2.42. The average molecular weight is 522 g/mol. The van der Waals surface area contributed by atoms with E-state index in [-0.39, 0.29) is 72.2 Å². The summed E-state index contributed by atoms with van der Waals surface area (Å²) in [5, 5.41) is 2.79. The van der Waals surface area contributed by atoms with Crippen LogP contribution < -0.4 is 47.8 Å². The molecule has 0 unspecified atom stereocenters. The summed E-state index contributed by atoms with van der Waals surface area (Å²) in [5.74, 6) is 0. The number of allylic oxidation sites excluding steroid dienone is 4. The molecule has 0 saturated carbocycles. The molecule has 0 N–H and O–H groups in total. The summed E-state index contributed by atoms with van der Waals surface area (Å²) in [6.45, 7) is 6.81. The van der Waals surface area contributed by atoms with Crippen molar-refractivity contribution in [3.8, 4) is 0 Å². The van der Waals surface area contributed by atoms with Crippen LogP contribution in [-0.4, -0.2) is 8.80 Å². The Bertz CT molecular complexity index is 514. The Morgan fingerprint density at radius 2 is 1.15 bits per heavy atom. The number of benzene rings is 2. The number of hydrogen-bond donors (Lipinski definition) is 0. The van der Waals surface area contributed by atoms with E-state index in [2.05, 4.69) is 92.5 Å². The van der Waals surface area contributed by atoms with Crippen LogP contribution in [0.2, 0.25) is 19.6 Å². The van der Waals surface area contributed by atoms with Gasteiger partial charge in [-0.3, -0.25) is 6.08 Å². The van der Waals surface area contributed by atoms with E-state index in [1.807, 2.05) is 12.2 Å². The van der Waals surface area contributed by atoms with Crippen LogP contribution in [0.1, 0.15) is 6.42 Å². The van der Waals surface area contributed by atoms with Gasteiger partial charge in [0.2, 0.25) is 0 Å². The molecule has 0 heterocycles. The second-order valence-electron chi connectivity index (χ2n) is 5.36.